The Morgan fingerprint density at radius 3 is 2.47 bits per heavy atom. The van der Waals surface area contributed by atoms with E-state index in [1.807, 2.05) is 0 Å². The van der Waals surface area contributed by atoms with Gasteiger partial charge in [-0.3, -0.25) is 9.59 Å². The van der Waals surface area contributed by atoms with Gasteiger partial charge in [-0.1, -0.05) is 0 Å². The second-order valence-corrected chi connectivity index (χ2v) is 5.00. The molecule has 1 saturated heterocycles. The number of amides is 2. The predicted octanol–water partition coefficient (Wildman–Crippen LogP) is 1.24. The molecule has 0 aromatic rings. The Labute approximate surface area is 99.5 Å². The molecule has 0 radical (unpaired) electrons. The van der Waals surface area contributed by atoms with Crippen LogP contribution in [0.4, 0.5) is 4.79 Å². The summed E-state index contributed by atoms with van der Waals surface area (Å²) >= 11 is 0. The van der Waals surface area contributed by atoms with Crippen LogP contribution in [-0.4, -0.2) is 40.1 Å². The third kappa shape index (κ3) is 3.44. The first kappa shape index (κ1) is 13.5. The van der Waals surface area contributed by atoms with Gasteiger partial charge in [0.25, 0.3) is 0 Å². The second-order valence-electron chi connectivity index (χ2n) is 5.00. The maximum Gasteiger partial charge on any atom is 0.417 e. The van der Waals surface area contributed by atoms with Gasteiger partial charge in [0.2, 0.25) is 5.91 Å². The monoisotopic (exact) mass is 243 g/mol. The number of rotatable bonds is 1. The van der Waals surface area contributed by atoms with Gasteiger partial charge in [-0.2, -0.15) is 0 Å². The van der Waals surface area contributed by atoms with Crippen molar-refractivity contribution in [2.45, 2.75) is 39.2 Å². The molecule has 0 spiro atoms. The molecule has 96 valence electrons. The fourth-order valence-electron chi connectivity index (χ4n) is 1.60. The number of imide groups is 1. The summed E-state index contributed by atoms with van der Waals surface area (Å²) in [5, 5.41) is 8.84. The zero-order chi connectivity index (χ0) is 13.2. The Morgan fingerprint density at radius 2 is 2.00 bits per heavy atom. The van der Waals surface area contributed by atoms with Crippen molar-refractivity contribution in [3.63, 3.8) is 0 Å². The Morgan fingerprint density at radius 1 is 1.41 bits per heavy atom. The lowest BCUT2D eigenvalue weighted by Crippen LogP contribution is -2.48. The molecule has 1 heterocycles. The van der Waals surface area contributed by atoms with Crippen LogP contribution in [0.15, 0.2) is 0 Å². The first-order chi connectivity index (χ1) is 7.72. The highest BCUT2D eigenvalue weighted by Gasteiger charge is 2.38. The zero-order valence-corrected chi connectivity index (χ0v) is 10.2. The van der Waals surface area contributed by atoms with Crippen LogP contribution >= 0.6 is 0 Å². The predicted molar refractivity (Wildman–Crippen MR) is 58.3 cm³/mol. The molecule has 0 aromatic carbocycles. The highest BCUT2D eigenvalue weighted by atomic mass is 16.6. The molecule has 17 heavy (non-hydrogen) atoms. The highest BCUT2D eigenvalue weighted by Crippen LogP contribution is 2.20. The van der Waals surface area contributed by atoms with Crippen LogP contribution in [0.25, 0.3) is 0 Å². The fourth-order valence-corrected chi connectivity index (χ4v) is 1.60. The van der Waals surface area contributed by atoms with E-state index in [1.165, 1.54) is 0 Å². The molecule has 1 unspecified atom stereocenters. The molecule has 1 aliphatic rings. The summed E-state index contributed by atoms with van der Waals surface area (Å²) < 4.78 is 5.05. The summed E-state index contributed by atoms with van der Waals surface area (Å²) in [6, 6.07) is 0. The largest absolute Gasteiger partial charge is 0.481 e. The molecule has 0 bridgehead atoms. The lowest BCUT2D eigenvalue weighted by Gasteiger charge is -2.30. The van der Waals surface area contributed by atoms with E-state index in [9.17, 15) is 14.4 Å². The number of carbonyl (C=O) groups is 3. The van der Waals surface area contributed by atoms with Gasteiger partial charge >= 0.3 is 12.1 Å². The van der Waals surface area contributed by atoms with Gasteiger partial charge in [0, 0.05) is 6.54 Å². The normalized spacial score (nSPS) is 21.2. The summed E-state index contributed by atoms with van der Waals surface area (Å²) in [5.74, 6) is -3.00. The van der Waals surface area contributed by atoms with Gasteiger partial charge in [0.15, 0.2) is 0 Å². The number of likely N-dealkylation sites (tertiary alicyclic amines) is 1. The smallest absolute Gasteiger partial charge is 0.417 e. The van der Waals surface area contributed by atoms with Crippen LogP contribution in [0.1, 0.15) is 33.6 Å². The summed E-state index contributed by atoms with van der Waals surface area (Å²) in [5.41, 5.74) is -0.701. The lowest BCUT2D eigenvalue weighted by atomic mass is 9.98. The molecule has 1 atom stereocenters. The quantitative estimate of drug-likeness (QED) is 0.700. The van der Waals surface area contributed by atoms with Crippen LogP contribution in [0.2, 0.25) is 0 Å². The summed E-state index contributed by atoms with van der Waals surface area (Å²) in [6.07, 6.45) is -0.0106. The molecule has 6 heteroatoms. The van der Waals surface area contributed by atoms with Gasteiger partial charge in [-0.15, -0.1) is 0 Å². The minimum absolute atomic E-state index is 0.220. The topological polar surface area (TPSA) is 83.9 Å². The van der Waals surface area contributed by atoms with Crippen LogP contribution in [-0.2, 0) is 14.3 Å². The molecule has 1 rings (SSSR count). The first-order valence-corrected chi connectivity index (χ1v) is 5.49. The molecule has 2 amide bonds. The van der Waals surface area contributed by atoms with E-state index in [0.717, 1.165) is 4.90 Å². The van der Waals surface area contributed by atoms with E-state index in [4.69, 9.17) is 9.84 Å². The van der Waals surface area contributed by atoms with Crippen molar-refractivity contribution >= 4 is 18.0 Å². The van der Waals surface area contributed by atoms with Gasteiger partial charge in [0.05, 0.1) is 0 Å². The van der Waals surface area contributed by atoms with Crippen molar-refractivity contribution < 1.29 is 24.2 Å². The second kappa shape index (κ2) is 4.73. The fraction of sp³-hybridized carbons (Fsp3) is 0.727. The summed E-state index contributed by atoms with van der Waals surface area (Å²) in [6.45, 7) is 5.29. The number of carboxylic acids is 1. The molecule has 0 aromatic heterocycles. The number of carbonyl (C=O) groups excluding carboxylic acids is 2. The van der Waals surface area contributed by atoms with E-state index in [0.29, 0.717) is 6.42 Å². The molecule has 0 saturated carbocycles. The molecule has 0 aliphatic carbocycles. The van der Waals surface area contributed by atoms with Crippen molar-refractivity contribution in [3.05, 3.63) is 0 Å². The van der Waals surface area contributed by atoms with Gasteiger partial charge in [-0.25, -0.2) is 9.69 Å². The lowest BCUT2D eigenvalue weighted by molar-refractivity contribution is -0.152. The number of ether oxygens (including phenoxy) is 1. The number of nitrogens with zero attached hydrogens (tertiary/aromatic N) is 1. The Kier molecular flexibility index (Phi) is 3.75. The van der Waals surface area contributed by atoms with Crippen molar-refractivity contribution in [3.8, 4) is 0 Å². The average Bonchev–Trinajstić information content (AvgIpc) is 2.14. The Hall–Kier alpha value is -1.59. The number of hydrogen-bond donors (Lipinski definition) is 1. The number of hydrogen-bond acceptors (Lipinski definition) is 4. The van der Waals surface area contributed by atoms with Crippen molar-refractivity contribution in [2.75, 3.05) is 6.54 Å². The van der Waals surface area contributed by atoms with E-state index < -0.39 is 29.5 Å². The van der Waals surface area contributed by atoms with E-state index in [-0.39, 0.29) is 13.0 Å². The zero-order valence-electron chi connectivity index (χ0n) is 10.2. The number of piperidine rings is 1. The first-order valence-electron chi connectivity index (χ1n) is 5.49. The number of carboxylic acid groups (broad SMARTS) is 1. The van der Waals surface area contributed by atoms with E-state index in [2.05, 4.69) is 0 Å². The maximum absolute atomic E-state index is 11.7. The number of aliphatic carboxylic acids is 1. The maximum atomic E-state index is 11.7. The van der Waals surface area contributed by atoms with Gasteiger partial charge < -0.3 is 9.84 Å². The van der Waals surface area contributed by atoms with Crippen LogP contribution in [0.3, 0.4) is 0 Å². The molecule has 1 N–H and O–H groups in total. The molecular formula is C11H17NO5. The van der Waals surface area contributed by atoms with E-state index >= 15 is 0 Å². The minimum Gasteiger partial charge on any atom is -0.481 e. The Bertz CT molecular complexity index is 344. The third-order valence-corrected chi connectivity index (χ3v) is 2.35. The standard InChI is InChI=1S/C11H17NO5/c1-11(2,3)17-10(16)12-6-4-5-7(8(12)13)9(14)15/h7H,4-6H2,1-3H3,(H,14,15). The Balaban J connectivity index is 2.74. The van der Waals surface area contributed by atoms with Crippen LogP contribution in [0, 0.1) is 5.92 Å². The summed E-state index contributed by atoms with van der Waals surface area (Å²) in [7, 11) is 0. The van der Waals surface area contributed by atoms with Gasteiger partial charge in [0.1, 0.15) is 11.5 Å². The highest BCUT2D eigenvalue weighted by molar-refractivity contribution is 6.03. The molecule has 1 fully saturated rings. The van der Waals surface area contributed by atoms with Crippen LogP contribution in [0.5, 0.6) is 0 Å². The average molecular weight is 243 g/mol. The van der Waals surface area contributed by atoms with Crippen molar-refractivity contribution in [1.29, 1.82) is 0 Å². The summed E-state index contributed by atoms with van der Waals surface area (Å²) in [4.78, 5) is 35.1. The van der Waals surface area contributed by atoms with Gasteiger partial charge in [-0.05, 0) is 33.6 Å². The SMILES string of the molecule is CC(C)(C)OC(=O)N1CCCC(C(=O)O)C1=O. The third-order valence-electron chi connectivity index (χ3n) is 2.35. The minimum atomic E-state index is -1.19. The van der Waals surface area contributed by atoms with Crippen molar-refractivity contribution in [2.24, 2.45) is 5.92 Å². The molecule has 1 aliphatic heterocycles. The van der Waals surface area contributed by atoms with Crippen LogP contribution < -0.4 is 0 Å². The molecule has 6 nitrogen and oxygen atoms in total. The molecular weight excluding hydrogens is 226 g/mol. The van der Waals surface area contributed by atoms with E-state index in [1.54, 1.807) is 20.8 Å². The van der Waals surface area contributed by atoms with Crippen molar-refractivity contribution in [1.82, 2.24) is 4.90 Å².